The van der Waals surface area contributed by atoms with Crippen molar-refractivity contribution in [3.05, 3.63) is 33.9 Å². The Bertz CT molecular complexity index is 393. The molecule has 1 rings (SSSR count). The lowest BCUT2D eigenvalue weighted by Crippen LogP contribution is -2.22. The second kappa shape index (κ2) is 6.20. The van der Waals surface area contributed by atoms with Gasteiger partial charge in [0.1, 0.15) is 0 Å². The molecule has 94 valence electrons. The SMILES string of the molecule is CCOCC(C)Nc1ccc([N+](=O)[O-])cc1C. The molecule has 0 spiro atoms. The maximum Gasteiger partial charge on any atom is 0.269 e. The minimum absolute atomic E-state index is 0.116. The lowest BCUT2D eigenvalue weighted by Gasteiger charge is -2.16. The average molecular weight is 238 g/mol. The first kappa shape index (κ1) is 13.4. The van der Waals surface area contributed by atoms with Gasteiger partial charge in [0.25, 0.3) is 5.69 Å². The number of rotatable bonds is 6. The quantitative estimate of drug-likeness (QED) is 0.611. The van der Waals surface area contributed by atoms with Crippen molar-refractivity contribution in [3.63, 3.8) is 0 Å². The number of nitrogens with zero attached hydrogens (tertiary/aromatic N) is 1. The van der Waals surface area contributed by atoms with E-state index >= 15 is 0 Å². The van der Waals surface area contributed by atoms with Crippen LogP contribution in [0.3, 0.4) is 0 Å². The van der Waals surface area contributed by atoms with Crippen molar-refractivity contribution in [2.75, 3.05) is 18.5 Å². The summed E-state index contributed by atoms with van der Waals surface area (Å²) in [5.74, 6) is 0. The molecule has 17 heavy (non-hydrogen) atoms. The summed E-state index contributed by atoms with van der Waals surface area (Å²) in [6.45, 7) is 7.11. The summed E-state index contributed by atoms with van der Waals surface area (Å²) in [6, 6.07) is 4.98. The Morgan fingerprint density at radius 1 is 1.53 bits per heavy atom. The van der Waals surface area contributed by atoms with Crippen molar-refractivity contribution in [2.24, 2.45) is 0 Å². The molecular formula is C12H18N2O3. The molecule has 0 bridgehead atoms. The highest BCUT2D eigenvalue weighted by Gasteiger charge is 2.09. The minimum Gasteiger partial charge on any atom is -0.380 e. The number of nitrogens with one attached hydrogen (secondary N) is 1. The number of benzene rings is 1. The van der Waals surface area contributed by atoms with Gasteiger partial charge in [-0.05, 0) is 32.4 Å². The number of anilines is 1. The summed E-state index contributed by atoms with van der Waals surface area (Å²) in [5, 5.41) is 13.9. The standard InChI is InChI=1S/C12H18N2O3/c1-4-17-8-10(3)13-12-6-5-11(14(15)16)7-9(12)2/h5-7,10,13H,4,8H2,1-3H3. The number of non-ortho nitro benzene ring substituents is 1. The third kappa shape index (κ3) is 4.03. The normalized spacial score (nSPS) is 12.2. The van der Waals surface area contributed by atoms with Crippen LogP contribution in [0.25, 0.3) is 0 Å². The molecule has 0 saturated carbocycles. The molecule has 0 saturated heterocycles. The molecule has 0 fully saturated rings. The molecule has 0 aliphatic carbocycles. The van der Waals surface area contributed by atoms with E-state index in [9.17, 15) is 10.1 Å². The lowest BCUT2D eigenvalue weighted by atomic mass is 10.1. The van der Waals surface area contributed by atoms with Gasteiger partial charge in [0.15, 0.2) is 0 Å². The van der Waals surface area contributed by atoms with Crippen molar-refractivity contribution in [2.45, 2.75) is 26.8 Å². The molecule has 5 nitrogen and oxygen atoms in total. The highest BCUT2D eigenvalue weighted by Crippen LogP contribution is 2.21. The fourth-order valence-corrected chi connectivity index (χ4v) is 1.53. The third-order valence-corrected chi connectivity index (χ3v) is 2.39. The molecule has 1 N–H and O–H groups in total. The maximum absolute atomic E-state index is 10.6. The van der Waals surface area contributed by atoms with Gasteiger partial charge in [-0.1, -0.05) is 0 Å². The third-order valence-electron chi connectivity index (χ3n) is 2.39. The van der Waals surface area contributed by atoms with E-state index in [0.29, 0.717) is 13.2 Å². The number of hydrogen-bond acceptors (Lipinski definition) is 4. The van der Waals surface area contributed by atoms with Gasteiger partial charge < -0.3 is 10.1 Å². The van der Waals surface area contributed by atoms with Crippen molar-refractivity contribution in [1.29, 1.82) is 0 Å². The first-order chi connectivity index (χ1) is 8.04. The van der Waals surface area contributed by atoms with E-state index in [4.69, 9.17) is 4.74 Å². The Morgan fingerprint density at radius 2 is 2.24 bits per heavy atom. The van der Waals surface area contributed by atoms with Crippen LogP contribution in [0.15, 0.2) is 18.2 Å². The summed E-state index contributed by atoms with van der Waals surface area (Å²) < 4.78 is 5.30. The van der Waals surface area contributed by atoms with Crippen molar-refractivity contribution in [3.8, 4) is 0 Å². The Kier molecular flexibility index (Phi) is 4.90. The molecule has 0 aromatic heterocycles. The number of ether oxygens (including phenoxy) is 1. The summed E-state index contributed by atoms with van der Waals surface area (Å²) >= 11 is 0. The largest absolute Gasteiger partial charge is 0.380 e. The lowest BCUT2D eigenvalue weighted by molar-refractivity contribution is -0.384. The molecular weight excluding hydrogens is 220 g/mol. The highest BCUT2D eigenvalue weighted by atomic mass is 16.6. The zero-order chi connectivity index (χ0) is 12.8. The van der Waals surface area contributed by atoms with Crippen molar-refractivity contribution < 1.29 is 9.66 Å². The van der Waals surface area contributed by atoms with E-state index in [2.05, 4.69) is 5.32 Å². The van der Waals surface area contributed by atoms with Gasteiger partial charge in [-0.3, -0.25) is 10.1 Å². The zero-order valence-corrected chi connectivity index (χ0v) is 10.4. The Labute approximate surface area is 101 Å². The number of hydrogen-bond donors (Lipinski definition) is 1. The van der Waals surface area contributed by atoms with Crippen molar-refractivity contribution in [1.82, 2.24) is 0 Å². The van der Waals surface area contributed by atoms with E-state index in [1.54, 1.807) is 12.1 Å². The van der Waals surface area contributed by atoms with Crippen LogP contribution in [0.5, 0.6) is 0 Å². The van der Waals surface area contributed by atoms with Crippen LogP contribution in [-0.2, 0) is 4.74 Å². The van der Waals surface area contributed by atoms with Crippen LogP contribution in [0.1, 0.15) is 19.4 Å². The number of nitro groups is 1. The Balaban J connectivity index is 2.69. The zero-order valence-electron chi connectivity index (χ0n) is 10.4. The minimum atomic E-state index is -0.388. The van der Waals surface area contributed by atoms with Crippen LogP contribution in [-0.4, -0.2) is 24.2 Å². The molecule has 5 heteroatoms. The smallest absolute Gasteiger partial charge is 0.269 e. The van der Waals surface area contributed by atoms with Gasteiger partial charge in [0.05, 0.1) is 11.5 Å². The van der Waals surface area contributed by atoms with E-state index in [-0.39, 0.29) is 16.7 Å². The van der Waals surface area contributed by atoms with E-state index < -0.39 is 0 Å². The highest BCUT2D eigenvalue weighted by molar-refractivity contribution is 5.55. The monoisotopic (exact) mass is 238 g/mol. The molecule has 0 amide bonds. The predicted octanol–water partition coefficient (Wildman–Crippen LogP) is 2.74. The Hall–Kier alpha value is -1.62. The molecule has 1 unspecified atom stereocenters. The molecule has 0 radical (unpaired) electrons. The summed E-state index contributed by atoms with van der Waals surface area (Å²) in [5.41, 5.74) is 1.89. The summed E-state index contributed by atoms with van der Waals surface area (Å²) in [4.78, 5) is 10.2. The van der Waals surface area contributed by atoms with Gasteiger partial charge in [-0.15, -0.1) is 0 Å². The van der Waals surface area contributed by atoms with E-state index in [0.717, 1.165) is 11.3 Å². The molecule has 1 aromatic carbocycles. The fraction of sp³-hybridized carbons (Fsp3) is 0.500. The van der Waals surface area contributed by atoms with Gasteiger partial charge in [0, 0.05) is 30.5 Å². The summed E-state index contributed by atoms with van der Waals surface area (Å²) in [6.07, 6.45) is 0. The molecule has 0 aliphatic heterocycles. The van der Waals surface area contributed by atoms with E-state index in [1.807, 2.05) is 20.8 Å². The van der Waals surface area contributed by atoms with E-state index in [1.165, 1.54) is 6.07 Å². The van der Waals surface area contributed by atoms with Gasteiger partial charge in [-0.2, -0.15) is 0 Å². The molecule has 0 aliphatic rings. The van der Waals surface area contributed by atoms with Crippen LogP contribution in [0.4, 0.5) is 11.4 Å². The second-order valence-electron chi connectivity index (χ2n) is 3.96. The summed E-state index contributed by atoms with van der Waals surface area (Å²) in [7, 11) is 0. The van der Waals surface area contributed by atoms with Crippen LogP contribution in [0.2, 0.25) is 0 Å². The predicted molar refractivity (Wildman–Crippen MR) is 67.4 cm³/mol. The van der Waals surface area contributed by atoms with Crippen LogP contribution < -0.4 is 5.32 Å². The maximum atomic E-state index is 10.6. The second-order valence-corrected chi connectivity index (χ2v) is 3.96. The van der Waals surface area contributed by atoms with Gasteiger partial charge in [-0.25, -0.2) is 0 Å². The Morgan fingerprint density at radius 3 is 2.76 bits per heavy atom. The first-order valence-electron chi connectivity index (χ1n) is 5.64. The first-order valence-corrected chi connectivity index (χ1v) is 5.64. The van der Waals surface area contributed by atoms with Gasteiger partial charge in [0.2, 0.25) is 0 Å². The molecule has 1 aromatic rings. The molecule has 1 atom stereocenters. The molecule has 0 heterocycles. The average Bonchev–Trinajstić information content (AvgIpc) is 2.28. The van der Waals surface area contributed by atoms with Crippen molar-refractivity contribution >= 4 is 11.4 Å². The van der Waals surface area contributed by atoms with Gasteiger partial charge >= 0.3 is 0 Å². The van der Waals surface area contributed by atoms with Crippen LogP contribution >= 0.6 is 0 Å². The number of aryl methyl sites for hydroxylation is 1. The number of nitro benzene ring substituents is 1. The van der Waals surface area contributed by atoms with Crippen LogP contribution in [0, 0.1) is 17.0 Å². The topological polar surface area (TPSA) is 64.4 Å². The fourth-order valence-electron chi connectivity index (χ4n) is 1.53.